The van der Waals surface area contributed by atoms with Gasteiger partial charge in [0, 0.05) is 38.3 Å². The lowest BCUT2D eigenvalue weighted by Crippen LogP contribution is -2.31. The van der Waals surface area contributed by atoms with Crippen LogP contribution in [-0.4, -0.2) is 43.7 Å². The van der Waals surface area contributed by atoms with E-state index >= 15 is 0 Å². The van der Waals surface area contributed by atoms with E-state index in [2.05, 4.69) is 5.10 Å². The minimum atomic E-state index is -0.368. The van der Waals surface area contributed by atoms with Gasteiger partial charge in [-0.2, -0.15) is 0 Å². The molecule has 1 heterocycles. The molecule has 0 bridgehead atoms. The van der Waals surface area contributed by atoms with Crippen molar-refractivity contribution in [3.05, 3.63) is 17.7 Å². The molecule has 0 radical (unpaired) electrons. The Balaban J connectivity index is 2.58. The maximum Gasteiger partial charge on any atom is 0.211 e. The summed E-state index contributed by atoms with van der Waals surface area (Å²) in [6.45, 7) is 3.92. The lowest BCUT2D eigenvalue weighted by atomic mass is 10.0. The second-order valence-electron chi connectivity index (χ2n) is 5.40. The van der Waals surface area contributed by atoms with Gasteiger partial charge in [0.25, 0.3) is 0 Å². The summed E-state index contributed by atoms with van der Waals surface area (Å²) in [4.78, 5) is 0. The Labute approximate surface area is 124 Å². The summed E-state index contributed by atoms with van der Waals surface area (Å²) in [5, 5.41) is 15.6. The molecule has 0 aliphatic carbocycles. The standard InChI is InChI=1S/C15H20N2O4/c1-15(2)8-14(18)16-17(15)9-11-12(20-4)6-10(19-3)7-13(11)21-5/h6-7,9H,8H2,1-5H3/b17-9-. The quantitative estimate of drug-likeness (QED) is 0.777. The Bertz CT molecular complexity index is 581. The van der Waals surface area contributed by atoms with Gasteiger partial charge >= 0.3 is 0 Å². The lowest BCUT2D eigenvalue weighted by molar-refractivity contribution is -0.591. The summed E-state index contributed by atoms with van der Waals surface area (Å²) in [5.74, 6) is 1.69. The van der Waals surface area contributed by atoms with Crippen LogP contribution in [0.3, 0.4) is 0 Å². The molecule has 1 aliphatic rings. The molecule has 0 N–H and O–H groups in total. The molecule has 1 aliphatic heterocycles. The van der Waals surface area contributed by atoms with Gasteiger partial charge in [-0.1, -0.05) is 4.68 Å². The average Bonchev–Trinajstić information content (AvgIpc) is 2.71. The minimum absolute atomic E-state index is 0.136. The van der Waals surface area contributed by atoms with E-state index in [1.54, 1.807) is 44.4 Å². The number of ether oxygens (including phenoxy) is 3. The Morgan fingerprint density at radius 3 is 2.10 bits per heavy atom. The van der Waals surface area contributed by atoms with Gasteiger partial charge in [-0.25, -0.2) is 0 Å². The second kappa shape index (κ2) is 5.63. The molecular weight excluding hydrogens is 272 g/mol. The topological polar surface area (TPSA) is 66.1 Å². The predicted molar refractivity (Wildman–Crippen MR) is 77.7 cm³/mol. The number of benzene rings is 1. The molecule has 0 saturated heterocycles. The zero-order valence-corrected chi connectivity index (χ0v) is 13.0. The first kappa shape index (κ1) is 15.2. The third kappa shape index (κ3) is 2.94. The smallest absolute Gasteiger partial charge is 0.211 e. The maximum absolute atomic E-state index is 11.6. The van der Waals surface area contributed by atoms with Crippen LogP contribution in [0.2, 0.25) is 0 Å². The molecule has 21 heavy (non-hydrogen) atoms. The molecule has 114 valence electrons. The van der Waals surface area contributed by atoms with Gasteiger partial charge in [0.05, 0.1) is 21.3 Å². The summed E-state index contributed by atoms with van der Waals surface area (Å²) in [5.41, 5.74) is 0.347. The average molecular weight is 292 g/mol. The van der Waals surface area contributed by atoms with Crippen LogP contribution >= 0.6 is 0 Å². The van der Waals surface area contributed by atoms with Crippen LogP contribution in [0, 0.1) is 0 Å². The van der Waals surface area contributed by atoms with E-state index in [1.807, 2.05) is 13.8 Å². The fraction of sp³-hybridized carbons (Fsp3) is 0.467. The zero-order chi connectivity index (χ0) is 15.6. The van der Waals surface area contributed by atoms with Crippen molar-refractivity contribution < 1.29 is 24.0 Å². The monoisotopic (exact) mass is 292 g/mol. The summed E-state index contributed by atoms with van der Waals surface area (Å²) in [7, 11) is 4.72. The van der Waals surface area contributed by atoms with Crippen molar-refractivity contribution in [3.63, 3.8) is 0 Å². The largest absolute Gasteiger partial charge is 0.857 e. The number of nitrogens with zero attached hydrogens (tertiary/aromatic N) is 2. The number of rotatable bonds is 4. The normalized spacial score (nSPS) is 18.5. The van der Waals surface area contributed by atoms with Gasteiger partial charge in [-0.3, -0.25) is 0 Å². The third-order valence-electron chi connectivity index (χ3n) is 3.43. The van der Waals surface area contributed by atoms with Crippen molar-refractivity contribution in [2.75, 3.05) is 21.3 Å². The molecule has 1 aromatic carbocycles. The SMILES string of the molecule is COc1cc(OC)c(/C=[N+]2\N=C([O-])CC2(C)C)c(OC)c1. The van der Waals surface area contributed by atoms with E-state index in [0.717, 1.165) is 0 Å². The van der Waals surface area contributed by atoms with Crippen LogP contribution in [-0.2, 0) is 0 Å². The molecule has 6 nitrogen and oxygen atoms in total. The summed E-state index contributed by atoms with van der Waals surface area (Å²) < 4.78 is 17.7. The van der Waals surface area contributed by atoms with Crippen molar-refractivity contribution in [2.45, 2.75) is 25.8 Å². The fourth-order valence-electron chi connectivity index (χ4n) is 2.23. The highest BCUT2D eigenvalue weighted by atomic mass is 16.5. The van der Waals surface area contributed by atoms with E-state index in [9.17, 15) is 5.11 Å². The Morgan fingerprint density at radius 1 is 1.14 bits per heavy atom. The highest BCUT2D eigenvalue weighted by Gasteiger charge is 2.37. The van der Waals surface area contributed by atoms with Crippen LogP contribution < -0.4 is 19.3 Å². The van der Waals surface area contributed by atoms with Crippen molar-refractivity contribution in [3.8, 4) is 17.2 Å². The van der Waals surface area contributed by atoms with Gasteiger partial charge in [-0.15, -0.1) is 0 Å². The molecule has 6 heteroatoms. The number of hydrazone groups is 1. The summed E-state index contributed by atoms with van der Waals surface area (Å²) in [6.07, 6.45) is 2.15. The van der Waals surface area contributed by atoms with Crippen LogP contribution in [0.25, 0.3) is 0 Å². The van der Waals surface area contributed by atoms with Crippen LogP contribution in [0.4, 0.5) is 0 Å². The molecule has 0 amide bonds. The van der Waals surface area contributed by atoms with E-state index < -0.39 is 0 Å². The van der Waals surface area contributed by atoms with Crippen molar-refractivity contribution in [2.24, 2.45) is 5.10 Å². The Kier molecular flexibility index (Phi) is 4.06. The van der Waals surface area contributed by atoms with E-state index in [1.165, 1.54) is 0 Å². The molecule has 0 unspecified atom stereocenters. The first-order chi connectivity index (χ1) is 9.91. The molecule has 0 atom stereocenters. The predicted octanol–water partition coefficient (Wildman–Crippen LogP) is 1.000. The number of hydrogen-bond acceptors (Lipinski definition) is 5. The van der Waals surface area contributed by atoms with Crippen molar-refractivity contribution >= 4 is 12.1 Å². The maximum atomic E-state index is 11.6. The third-order valence-corrected chi connectivity index (χ3v) is 3.43. The minimum Gasteiger partial charge on any atom is -0.857 e. The highest BCUT2D eigenvalue weighted by molar-refractivity contribution is 5.86. The van der Waals surface area contributed by atoms with Crippen LogP contribution in [0.5, 0.6) is 17.2 Å². The summed E-state index contributed by atoms with van der Waals surface area (Å²) >= 11 is 0. The Hall–Kier alpha value is -2.24. The Morgan fingerprint density at radius 2 is 1.71 bits per heavy atom. The number of hydrogen-bond donors (Lipinski definition) is 0. The van der Waals surface area contributed by atoms with Gasteiger partial charge in [-0.05, 0) is 5.10 Å². The molecule has 2 rings (SSSR count). The molecule has 0 aromatic heterocycles. The molecule has 0 saturated carbocycles. The number of methoxy groups -OCH3 is 3. The van der Waals surface area contributed by atoms with E-state index in [4.69, 9.17) is 14.2 Å². The van der Waals surface area contributed by atoms with E-state index in [0.29, 0.717) is 29.2 Å². The van der Waals surface area contributed by atoms with Crippen LogP contribution in [0.15, 0.2) is 17.2 Å². The van der Waals surface area contributed by atoms with Crippen molar-refractivity contribution in [1.29, 1.82) is 0 Å². The van der Waals surface area contributed by atoms with Gasteiger partial charge in [0.2, 0.25) is 6.21 Å². The van der Waals surface area contributed by atoms with Gasteiger partial charge in [0.1, 0.15) is 22.8 Å². The molecule has 0 fully saturated rings. The van der Waals surface area contributed by atoms with Gasteiger partial charge < -0.3 is 19.3 Å². The molecular formula is C15H20N2O4. The summed E-state index contributed by atoms with van der Waals surface area (Å²) in [6, 6.07) is 3.53. The lowest BCUT2D eigenvalue weighted by Gasteiger charge is -2.14. The molecule has 0 spiro atoms. The zero-order valence-electron chi connectivity index (χ0n) is 13.0. The van der Waals surface area contributed by atoms with Gasteiger partial charge in [0.15, 0.2) is 5.54 Å². The first-order valence-corrected chi connectivity index (χ1v) is 6.60. The molecule has 1 aromatic rings. The first-order valence-electron chi connectivity index (χ1n) is 6.60. The van der Waals surface area contributed by atoms with Crippen LogP contribution in [0.1, 0.15) is 25.8 Å². The highest BCUT2D eigenvalue weighted by Crippen LogP contribution is 2.33. The van der Waals surface area contributed by atoms with Crippen molar-refractivity contribution in [1.82, 2.24) is 0 Å². The van der Waals surface area contributed by atoms with E-state index in [-0.39, 0.29) is 11.4 Å². The fourth-order valence-corrected chi connectivity index (χ4v) is 2.23. The second-order valence-corrected chi connectivity index (χ2v) is 5.40.